The standard InChI is InChI=1S/C20H29N/c1-2-3-4-5-6-7-8-9-12-17-15-16-20(21)19-14-11-10-13-18(17)19/h10-11,13-16H,2-9,12,21H2,1H3. The van der Waals surface area contributed by atoms with Crippen LogP contribution in [0.25, 0.3) is 10.8 Å². The van der Waals surface area contributed by atoms with Crippen LogP contribution < -0.4 is 5.73 Å². The summed E-state index contributed by atoms with van der Waals surface area (Å²) >= 11 is 0. The molecule has 0 aromatic heterocycles. The fourth-order valence-electron chi connectivity index (χ4n) is 3.05. The lowest BCUT2D eigenvalue weighted by Crippen LogP contribution is -1.92. The monoisotopic (exact) mass is 283 g/mol. The number of hydrogen-bond acceptors (Lipinski definition) is 1. The first-order chi connectivity index (χ1) is 10.3. The first-order valence-electron chi connectivity index (χ1n) is 8.59. The molecule has 2 N–H and O–H groups in total. The van der Waals surface area contributed by atoms with E-state index >= 15 is 0 Å². The molecule has 0 saturated heterocycles. The number of anilines is 1. The maximum atomic E-state index is 6.06. The molecule has 0 radical (unpaired) electrons. The van der Waals surface area contributed by atoms with E-state index in [1.165, 1.54) is 74.1 Å². The predicted octanol–water partition coefficient (Wildman–Crippen LogP) is 6.11. The summed E-state index contributed by atoms with van der Waals surface area (Å²) in [6.07, 6.45) is 12.2. The largest absolute Gasteiger partial charge is 0.398 e. The highest BCUT2D eigenvalue weighted by Gasteiger charge is 2.03. The minimum Gasteiger partial charge on any atom is -0.398 e. The number of nitrogens with two attached hydrogens (primary N) is 1. The molecule has 2 aromatic rings. The Morgan fingerprint density at radius 1 is 0.714 bits per heavy atom. The summed E-state index contributed by atoms with van der Waals surface area (Å²) in [6.45, 7) is 2.27. The Balaban J connectivity index is 1.78. The van der Waals surface area contributed by atoms with E-state index in [0.29, 0.717) is 0 Å². The third-order valence-electron chi connectivity index (χ3n) is 4.35. The van der Waals surface area contributed by atoms with Crippen molar-refractivity contribution in [2.75, 3.05) is 5.73 Å². The zero-order valence-corrected chi connectivity index (χ0v) is 13.4. The molecule has 0 atom stereocenters. The highest BCUT2D eigenvalue weighted by atomic mass is 14.5. The highest BCUT2D eigenvalue weighted by Crippen LogP contribution is 2.25. The van der Waals surface area contributed by atoms with E-state index in [2.05, 4.69) is 43.3 Å². The Morgan fingerprint density at radius 3 is 2.05 bits per heavy atom. The van der Waals surface area contributed by atoms with Crippen molar-refractivity contribution in [2.24, 2.45) is 0 Å². The number of nitrogen functional groups attached to an aromatic ring is 1. The van der Waals surface area contributed by atoms with Crippen LogP contribution in [0, 0.1) is 0 Å². The molecular weight excluding hydrogens is 254 g/mol. The van der Waals surface area contributed by atoms with Crippen molar-refractivity contribution in [1.29, 1.82) is 0 Å². The van der Waals surface area contributed by atoms with Gasteiger partial charge in [0.2, 0.25) is 0 Å². The van der Waals surface area contributed by atoms with Gasteiger partial charge >= 0.3 is 0 Å². The molecule has 0 unspecified atom stereocenters. The second-order valence-corrected chi connectivity index (χ2v) is 6.08. The molecule has 0 spiro atoms. The maximum Gasteiger partial charge on any atom is 0.0393 e. The zero-order chi connectivity index (χ0) is 14.9. The van der Waals surface area contributed by atoms with Crippen molar-refractivity contribution in [2.45, 2.75) is 64.7 Å². The molecule has 0 fully saturated rings. The Hall–Kier alpha value is -1.50. The number of unbranched alkanes of at least 4 members (excludes halogenated alkanes) is 7. The molecule has 0 saturated carbocycles. The van der Waals surface area contributed by atoms with Crippen LogP contribution in [0.15, 0.2) is 36.4 Å². The van der Waals surface area contributed by atoms with Gasteiger partial charge in [0.05, 0.1) is 0 Å². The zero-order valence-electron chi connectivity index (χ0n) is 13.4. The summed E-state index contributed by atoms with van der Waals surface area (Å²) in [4.78, 5) is 0. The molecule has 2 rings (SSSR count). The molecule has 0 bridgehead atoms. The molecule has 2 aromatic carbocycles. The van der Waals surface area contributed by atoms with Gasteiger partial charge in [-0.1, -0.05) is 82.2 Å². The number of rotatable bonds is 9. The number of hydrogen-bond donors (Lipinski definition) is 1. The van der Waals surface area contributed by atoms with Gasteiger partial charge in [-0.05, 0) is 29.9 Å². The van der Waals surface area contributed by atoms with Crippen LogP contribution >= 0.6 is 0 Å². The third kappa shape index (κ3) is 4.77. The fourth-order valence-corrected chi connectivity index (χ4v) is 3.05. The molecule has 0 aliphatic rings. The summed E-state index contributed by atoms with van der Waals surface area (Å²) in [7, 11) is 0. The van der Waals surface area contributed by atoms with Crippen molar-refractivity contribution >= 4 is 16.5 Å². The molecule has 114 valence electrons. The van der Waals surface area contributed by atoms with Crippen molar-refractivity contribution < 1.29 is 0 Å². The fraction of sp³-hybridized carbons (Fsp3) is 0.500. The van der Waals surface area contributed by atoms with E-state index < -0.39 is 0 Å². The van der Waals surface area contributed by atoms with Gasteiger partial charge in [-0.25, -0.2) is 0 Å². The lowest BCUT2D eigenvalue weighted by atomic mass is 9.98. The van der Waals surface area contributed by atoms with Crippen LogP contribution in [0.5, 0.6) is 0 Å². The van der Waals surface area contributed by atoms with Crippen LogP contribution in [-0.2, 0) is 6.42 Å². The Morgan fingerprint density at radius 2 is 1.33 bits per heavy atom. The van der Waals surface area contributed by atoms with E-state index in [1.54, 1.807) is 0 Å². The first-order valence-corrected chi connectivity index (χ1v) is 8.59. The molecule has 21 heavy (non-hydrogen) atoms. The lowest BCUT2D eigenvalue weighted by molar-refractivity contribution is 0.576. The molecule has 0 aliphatic heterocycles. The van der Waals surface area contributed by atoms with Crippen LogP contribution in [0.4, 0.5) is 5.69 Å². The van der Waals surface area contributed by atoms with Gasteiger partial charge < -0.3 is 5.73 Å². The summed E-state index contributed by atoms with van der Waals surface area (Å²) in [5.74, 6) is 0. The van der Waals surface area contributed by atoms with E-state index in [4.69, 9.17) is 5.73 Å². The van der Waals surface area contributed by atoms with Gasteiger partial charge in [-0.15, -0.1) is 0 Å². The molecule has 0 amide bonds. The summed E-state index contributed by atoms with van der Waals surface area (Å²) in [6, 6.07) is 12.8. The first kappa shape index (κ1) is 15.9. The van der Waals surface area contributed by atoms with Gasteiger partial charge in [0.15, 0.2) is 0 Å². The number of aryl methyl sites for hydroxylation is 1. The molecular formula is C20H29N. The van der Waals surface area contributed by atoms with Gasteiger partial charge in [0.1, 0.15) is 0 Å². The minimum atomic E-state index is 0.894. The van der Waals surface area contributed by atoms with Crippen LogP contribution in [-0.4, -0.2) is 0 Å². The smallest absolute Gasteiger partial charge is 0.0393 e. The van der Waals surface area contributed by atoms with Crippen molar-refractivity contribution in [3.05, 3.63) is 42.0 Å². The second kappa shape index (κ2) is 8.71. The van der Waals surface area contributed by atoms with Crippen molar-refractivity contribution in [3.8, 4) is 0 Å². The SMILES string of the molecule is CCCCCCCCCCc1ccc(N)c2ccccc12. The molecule has 1 heteroatoms. The van der Waals surface area contributed by atoms with Crippen LogP contribution in [0.1, 0.15) is 63.9 Å². The second-order valence-electron chi connectivity index (χ2n) is 6.08. The maximum absolute atomic E-state index is 6.06. The van der Waals surface area contributed by atoms with Crippen molar-refractivity contribution in [3.63, 3.8) is 0 Å². The number of benzene rings is 2. The third-order valence-corrected chi connectivity index (χ3v) is 4.35. The van der Waals surface area contributed by atoms with Crippen LogP contribution in [0.2, 0.25) is 0 Å². The molecule has 1 nitrogen and oxygen atoms in total. The highest BCUT2D eigenvalue weighted by molar-refractivity contribution is 5.95. The minimum absolute atomic E-state index is 0.894. The summed E-state index contributed by atoms with van der Waals surface area (Å²) < 4.78 is 0. The Labute approximate surface area is 129 Å². The van der Waals surface area contributed by atoms with E-state index in [9.17, 15) is 0 Å². The van der Waals surface area contributed by atoms with E-state index in [-0.39, 0.29) is 0 Å². The van der Waals surface area contributed by atoms with Crippen LogP contribution in [0.3, 0.4) is 0 Å². The topological polar surface area (TPSA) is 26.0 Å². The van der Waals surface area contributed by atoms with Crippen molar-refractivity contribution in [1.82, 2.24) is 0 Å². The van der Waals surface area contributed by atoms with E-state index in [0.717, 1.165) is 5.69 Å². The lowest BCUT2D eigenvalue weighted by Gasteiger charge is -2.09. The Kier molecular flexibility index (Phi) is 6.59. The average Bonchev–Trinajstić information content (AvgIpc) is 2.52. The molecule has 0 heterocycles. The average molecular weight is 283 g/mol. The van der Waals surface area contributed by atoms with Gasteiger partial charge in [0.25, 0.3) is 0 Å². The quantitative estimate of drug-likeness (QED) is 0.436. The van der Waals surface area contributed by atoms with Gasteiger partial charge in [0, 0.05) is 11.1 Å². The molecule has 0 aliphatic carbocycles. The predicted molar refractivity (Wildman–Crippen MR) is 94.7 cm³/mol. The summed E-state index contributed by atoms with van der Waals surface area (Å²) in [5.41, 5.74) is 8.40. The Bertz CT molecular complexity index is 545. The van der Waals surface area contributed by atoms with E-state index in [1.807, 2.05) is 0 Å². The number of fused-ring (bicyclic) bond motifs is 1. The van der Waals surface area contributed by atoms with Gasteiger partial charge in [-0.2, -0.15) is 0 Å². The van der Waals surface area contributed by atoms with Gasteiger partial charge in [-0.3, -0.25) is 0 Å². The normalized spacial score (nSPS) is 11.1. The summed E-state index contributed by atoms with van der Waals surface area (Å²) in [5, 5.41) is 2.54.